The zero-order valence-electron chi connectivity index (χ0n) is 27.4. The molecule has 1 fully saturated rings. The number of aromatic nitrogens is 2. The molecule has 0 unspecified atom stereocenters. The van der Waals surface area contributed by atoms with Gasteiger partial charge in [-0.05, 0) is 65.4 Å². The second-order valence-electron chi connectivity index (χ2n) is 12.5. The van der Waals surface area contributed by atoms with Crippen molar-refractivity contribution in [1.82, 2.24) is 9.97 Å². The molecule has 7 rings (SSSR count). The third-order valence-corrected chi connectivity index (χ3v) is 9.03. The maximum Gasteiger partial charge on any atom is 0.0196 e. The molecule has 0 N–H and O–H groups in total. The van der Waals surface area contributed by atoms with Crippen molar-refractivity contribution in [1.29, 1.82) is 0 Å². The molecular weight excluding hydrogens is 749 g/mol. The van der Waals surface area contributed by atoms with Crippen LogP contribution in [0.4, 0.5) is 0 Å². The van der Waals surface area contributed by atoms with Crippen LogP contribution in [-0.2, 0) is 32.9 Å². The molecule has 0 spiro atoms. The Labute approximate surface area is 294 Å². The van der Waals surface area contributed by atoms with Crippen LogP contribution >= 0.6 is 0 Å². The van der Waals surface area contributed by atoms with E-state index >= 15 is 0 Å². The molecule has 1 aliphatic carbocycles. The SMILES string of the molecule is Cc1c[c-]c(-c2cc(CC3CCCCC3)ccn2)cc1Cc1ccccc1.Cc1cnc(-c2[c-]cccc2)cc1-c1ccccc1.[Ir]. The molecule has 2 heterocycles. The normalized spacial score (nSPS) is 12.8. The van der Waals surface area contributed by atoms with E-state index in [0.717, 1.165) is 34.9 Å². The van der Waals surface area contributed by atoms with E-state index in [1.807, 2.05) is 42.7 Å². The van der Waals surface area contributed by atoms with Crippen molar-refractivity contribution in [2.24, 2.45) is 5.92 Å². The van der Waals surface area contributed by atoms with Gasteiger partial charge in [0.15, 0.2) is 0 Å². The fourth-order valence-corrected chi connectivity index (χ4v) is 6.39. The fraction of sp³-hybridized carbons (Fsp3) is 0.227. The van der Waals surface area contributed by atoms with Gasteiger partial charge in [0.1, 0.15) is 0 Å². The Morgan fingerprint density at radius 2 is 1.38 bits per heavy atom. The minimum Gasteiger partial charge on any atom is -0.305 e. The predicted octanol–water partition coefficient (Wildman–Crippen LogP) is 11.1. The van der Waals surface area contributed by atoms with Gasteiger partial charge < -0.3 is 9.97 Å². The summed E-state index contributed by atoms with van der Waals surface area (Å²) >= 11 is 0. The van der Waals surface area contributed by atoms with Gasteiger partial charge in [-0.15, -0.1) is 70.8 Å². The molecule has 6 aromatic rings. The van der Waals surface area contributed by atoms with Crippen LogP contribution < -0.4 is 0 Å². The van der Waals surface area contributed by atoms with Crippen LogP contribution in [-0.4, -0.2) is 9.97 Å². The zero-order valence-corrected chi connectivity index (χ0v) is 29.8. The van der Waals surface area contributed by atoms with Crippen molar-refractivity contribution in [3.8, 4) is 33.6 Å². The molecule has 0 amide bonds. The van der Waals surface area contributed by atoms with Crippen molar-refractivity contribution < 1.29 is 20.1 Å². The third-order valence-electron chi connectivity index (χ3n) is 9.03. The molecule has 1 saturated carbocycles. The minimum atomic E-state index is 0. The fourth-order valence-electron chi connectivity index (χ4n) is 6.39. The average Bonchev–Trinajstić information content (AvgIpc) is 3.11. The number of hydrogen-bond acceptors (Lipinski definition) is 2. The number of aryl methyl sites for hydroxylation is 2. The van der Waals surface area contributed by atoms with Crippen LogP contribution in [0.25, 0.3) is 33.6 Å². The van der Waals surface area contributed by atoms with E-state index in [9.17, 15) is 0 Å². The Morgan fingerprint density at radius 3 is 2.13 bits per heavy atom. The number of nitrogens with zero attached hydrogens (tertiary/aromatic N) is 2. The van der Waals surface area contributed by atoms with Gasteiger partial charge in [0.05, 0.1) is 0 Å². The van der Waals surface area contributed by atoms with Gasteiger partial charge in [0.25, 0.3) is 0 Å². The first-order valence-corrected chi connectivity index (χ1v) is 16.6. The largest absolute Gasteiger partial charge is 0.305 e. The van der Waals surface area contributed by atoms with Gasteiger partial charge in [-0.3, -0.25) is 0 Å². The third kappa shape index (κ3) is 9.44. The Morgan fingerprint density at radius 1 is 0.660 bits per heavy atom. The summed E-state index contributed by atoms with van der Waals surface area (Å²) < 4.78 is 0. The zero-order chi connectivity index (χ0) is 31.6. The first kappa shape index (κ1) is 34.2. The summed E-state index contributed by atoms with van der Waals surface area (Å²) in [7, 11) is 0. The van der Waals surface area contributed by atoms with Crippen molar-refractivity contribution >= 4 is 0 Å². The summed E-state index contributed by atoms with van der Waals surface area (Å²) in [5.41, 5.74) is 13.2. The molecule has 47 heavy (non-hydrogen) atoms. The molecule has 0 atom stereocenters. The van der Waals surface area contributed by atoms with Crippen LogP contribution in [0.5, 0.6) is 0 Å². The van der Waals surface area contributed by atoms with Gasteiger partial charge in [-0.2, -0.15) is 0 Å². The monoisotopic (exact) mass is 791 g/mol. The summed E-state index contributed by atoms with van der Waals surface area (Å²) in [6.45, 7) is 4.26. The average molecular weight is 791 g/mol. The number of rotatable bonds is 7. The van der Waals surface area contributed by atoms with Crippen LogP contribution in [0.2, 0.25) is 0 Å². The molecule has 2 nitrogen and oxygen atoms in total. The standard InChI is InChI=1S/C26H28N.C18H14N.Ir/c1-20-12-13-24(19-25(20)17-22-10-6-3-7-11-22)26-18-23(14-15-27-26)16-21-8-4-2-5-9-21;1-14-13-19-18(16-10-6-3-7-11-16)12-17(14)15-8-4-2-5-9-15;/h3,6-7,10-12,14-15,18-19,21H,2,4-5,8-9,16-17H2,1H3;2-10,12-13H,1H3;/q2*-1;. The van der Waals surface area contributed by atoms with Crippen LogP contribution in [0.15, 0.2) is 128 Å². The summed E-state index contributed by atoms with van der Waals surface area (Å²) in [5, 5.41) is 0. The Balaban J connectivity index is 0.000000191. The first-order chi connectivity index (χ1) is 22.6. The summed E-state index contributed by atoms with van der Waals surface area (Å²) in [5.74, 6) is 0.852. The molecule has 0 aliphatic heterocycles. The quantitative estimate of drug-likeness (QED) is 0.151. The smallest absolute Gasteiger partial charge is 0.0196 e. The Kier molecular flexibility index (Phi) is 12.4. The molecule has 3 heteroatoms. The number of pyridine rings is 2. The van der Waals surface area contributed by atoms with Crippen molar-refractivity contribution in [2.75, 3.05) is 0 Å². The van der Waals surface area contributed by atoms with Crippen molar-refractivity contribution in [3.05, 3.63) is 168 Å². The second-order valence-corrected chi connectivity index (χ2v) is 12.5. The molecule has 239 valence electrons. The van der Waals surface area contributed by atoms with E-state index in [4.69, 9.17) is 0 Å². The number of hydrogen-bond donors (Lipinski definition) is 0. The molecular formula is C44H42IrN2-2. The van der Waals surface area contributed by atoms with E-state index < -0.39 is 0 Å². The molecule has 1 aliphatic rings. The van der Waals surface area contributed by atoms with Gasteiger partial charge in [0, 0.05) is 32.5 Å². The topological polar surface area (TPSA) is 25.8 Å². The first-order valence-electron chi connectivity index (χ1n) is 16.6. The maximum atomic E-state index is 4.65. The van der Waals surface area contributed by atoms with Crippen molar-refractivity contribution in [2.45, 2.75) is 58.8 Å². The van der Waals surface area contributed by atoms with E-state index in [1.165, 1.54) is 77.5 Å². The minimum absolute atomic E-state index is 0. The van der Waals surface area contributed by atoms with Gasteiger partial charge in [-0.1, -0.05) is 117 Å². The van der Waals surface area contributed by atoms with Crippen LogP contribution in [0.3, 0.4) is 0 Å². The van der Waals surface area contributed by atoms with Crippen LogP contribution in [0, 0.1) is 31.9 Å². The molecule has 1 radical (unpaired) electrons. The van der Waals surface area contributed by atoms with Crippen LogP contribution in [0.1, 0.15) is 59.9 Å². The summed E-state index contributed by atoms with van der Waals surface area (Å²) in [6, 6.07) is 46.7. The van der Waals surface area contributed by atoms with Gasteiger partial charge >= 0.3 is 0 Å². The second kappa shape index (κ2) is 17.1. The van der Waals surface area contributed by atoms with E-state index in [-0.39, 0.29) is 20.1 Å². The molecule has 2 aromatic heterocycles. The molecule has 4 aromatic carbocycles. The number of benzene rings is 4. The maximum absolute atomic E-state index is 4.65. The van der Waals surface area contributed by atoms with Gasteiger partial charge in [0.2, 0.25) is 0 Å². The van der Waals surface area contributed by atoms with Gasteiger partial charge in [-0.25, -0.2) is 0 Å². The summed E-state index contributed by atoms with van der Waals surface area (Å²) in [4.78, 5) is 9.15. The van der Waals surface area contributed by atoms with Crippen molar-refractivity contribution in [3.63, 3.8) is 0 Å². The molecule has 0 bridgehead atoms. The summed E-state index contributed by atoms with van der Waals surface area (Å²) in [6.07, 6.45) is 13.0. The molecule has 0 saturated heterocycles. The Bertz CT molecular complexity index is 1830. The van der Waals surface area contributed by atoms with E-state index in [2.05, 4.69) is 121 Å². The van der Waals surface area contributed by atoms with E-state index in [1.54, 1.807) is 0 Å². The Hall–Kier alpha value is -4.17. The predicted molar refractivity (Wildman–Crippen MR) is 191 cm³/mol. The van der Waals surface area contributed by atoms with E-state index in [0.29, 0.717) is 0 Å².